The van der Waals surface area contributed by atoms with Gasteiger partial charge in [0.2, 0.25) is 41.4 Å². The zero-order valence-electron chi connectivity index (χ0n) is 36.3. The molecule has 0 aliphatic rings. The fourth-order valence-electron chi connectivity index (χ4n) is 5.79. The van der Waals surface area contributed by atoms with E-state index in [1.807, 2.05) is 34.6 Å². The molecule has 0 rings (SSSR count). The number of aliphatic hydroxyl groups excluding tert-OH is 2. The van der Waals surface area contributed by atoms with Crippen LogP contribution in [0.3, 0.4) is 0 Å². The van der Waals surface area contributed by atoms with Crippen LogP contribution in [0, 0.1) is 29.6 Å². The molecule has 0 bridgehead atoms. The molecular weight excluding hydrogens is 756 g/mol. The maximum absolute atomic E-state index is 13.9. The van der Waals surface area contributed by atoms with Crippen LogP contribution in [0.1, 0.15) is 109 Å². The summed E-state index contributed by atoms with van der Waals surface area (Å²) in [6.07, 6.45) is -0.585. The maximum atomic E-state index is 13.9. The van der Waals surface area contributed by atoms with Gasteiger partial charge in [0.05, 0.1) is 18.8 Å². The van der Waals surface area contributed by atoms with Crippen LogP contribution in [0.15, 0.2) is 0 Å². The van der Waals surface area contributed by atoms with Gasteiger partial charge in [-0.05, 0) is 62.7 Å². The summed E-state index contributed by atoms with van der Waals surface area (Å²) in [5.41, 5.74) is 5.71. The molecule has 0 heterocycles. The van der Waals surface area contributed by atoms with Gasteiger partial charge in [-0.2, -0.15) is 0 Å². The first-order valence-electron chi connectivity index (χ1n) is 20.2. The SMILES string of the molecule is CCC(C)C(NC(=O)C(CC(C)C)NC(=O)C(C)N)C(=O)NC(CC(C)C)C(=O)NC(C(=O)NC(CC(C)C)C(=O)NC(C(=O)NC(CO)C(=O)O)C(C)C)C(C)O. The summed E-state index contributed by atoms with van der Waals surface area (Å²) < 4.78 is 0. The molecule has 0 aliphatic heterocycles. The van der Waals surface area contributed by atoms with E-state index in [1.165, 1.54) is 13.8 Å². The van der Waals surface area contributed by atoms with Crippen LogP contribution in [-0.2, 0) is 38.4 Å². The lowest BCUT2D eigenvalue weighted by Crippen LogP contribution is -2.62. The van der Waals surface area contributed by atoms with Gasteiger partial charge in [-0.15, -0.1) is 0 Å². The zero-order valence-corrected chi connectivity index (χ0v) is 36.3. The second-order valence-electron chi connectivity index (χ2n) is 16.8. The summed E-state index contributed by atoms with van der Waals surface area (Å²) in [5, 5.41) is 47.1. The van der Waals surface area contributed by atoms with Crippen molar-refractivity contribution in [3.63, 3.8) is 0 Å². The monoisotopic (exact) mass is 829 g/mol. The Labute approximate surface area is 342 Å². The van der Waals surface area contributed by atoms with E-state index in [1.54, 1.807) is 34.6 Å². The number of carboxylic acids is 1. The molecular formula is C39H72N8O11. The number of hydrogen-bond acceptors (Lipinski definition) is 11. The predicted octanol–water partition coefficient (Wildman–Crippen LogP) is -0.975. The number of carboxylic acid groups (broad SMARTS) is 1. The summed E-state index contributed by atoms with van der Waals surface area (Å²) >= 11 is 0. The first-order chi connectivity index (χ1) is 26.8. The maximum Gasteiger partial charge on any atom is 0.328 e. The summed E-state index contributed by atoms with van der Waals surface area (Å²) in [7, 11) is 0. The van der Waals surface area contributed by atoms with E-state index < -0.39 is 120 Å². The molecule has 0 spiro atoms. The third-order valence-electron chi connectivity index (χ3n) is 9.33. The minimum absolute atomic E-state index is 0.00244. The van der Waals surface area contributed by atoms with Gasteiger partial charge in [0.25, 0.3) is 0 Å². The van der Waals surface area contributed by atoms with Gasteiger partial charge in [0, 0.05) is 0 Å². The van der Waals surface area contributed by atoms with Gasteiger partial charge < -0.3 is 58.3 Å². The molecule has 19 heteroatoms. The Morgan fingerprint density at radius 3 is 1.12 bits per heavy atom. The topological polar surface area (TPSA) is 307 Å². The number of hydrogen-bond donors (Lipinski definition) is 11. The zero-order chi connectivity index (χ0) is 45.2. The molecule has 0 saturated carbocycles. The van der Waals surface area contributed by atoms with Crippen molar-refractivity contribution in [3.8, 4) is 0 Å². The van der Waals surface area contributed by atoms with Gasteiger partial charge in [-0.25, -0.2) is 4.79 Å². The van der Waals surface area contributed by atoms with Gasteiger partial charge in [0.1, 0.15) is 42.3 Å². The highest BCUT2D eigenvalue weighted by Gasteiger charge is 2.37. The Hall–Kier alpha value is -4.36. The van der Waals surface area contributed by atoms with Crippen molar-refractivity contribution in [2.45, 2.75) is 163 Å². The average molecular weight is 829 g/mol. The lowest BCUT2D eigenvalue weighted by molar-refractivity contribution is -0.143. The van der Waals surface area contributed by atoms with Crippen molar-refractivity contribution >= 4 is 47.3 Å². The third kappa shape index (κ3) is 18.9. The van der Waals surface area contributed by atoms with Crippen molar-refractivity contribution in [2.24, 2.45) is 35.3 Å². The molecule has 10 unspecified atom stereocenters. The van der Waals surface area contributed by atoms with E-state index in [0.717, 1.165) is 0 Å². The molecule has 0 aromatic carbocycles. The van der Waals surface area contributed by atoms with Crippen molar-refractivity contribution in [1.82, 2.24) is 37.2 Å². The van der Waals surface area contributed by atoms with Gasteiger partial charge in [0.15, 0.2) is 0 Å². The number of nitrogens with two attached hydrogens (primary N) is 1. The number of carbonyl (C=O) groups is 8. The van der Waals surface area contributed by atoms with Crippen molar-refractivity contribution in [3.05, 3.63) is 0 Å². The fraction of sp³-hybridized carbons (Fsp3) is 0.795. The van der Waals surface area contributed by atoms with Crippen molar-refractivity contribution < 1.29 is 53.7 Å². The van der Waals surface area contributed by atoms with Crippen LogP contribution >= 0.6 is 0 Å². The minimum Gasteiger partial charge on any atom is -0.480 e. The van der Waals surface area contributed by atoms with Gasteiger partial charge in [-0.3, -0.25) is 33.6 Å². The smallest absolute Gasteiger partial charge is 0.328 e. The van der Waals surface area contributed by atoms with Crippen LogP contribution in [0.2, 0.25) is 0 Å². The Balaban J connectivity index is 6.36. The number of aliphatic carboxylic acids is 1. The molecule has 0 aliphatic carbocycles. The molecule has 0 aromatic heterocycles. The van der Waals surface area contributed by atoms with E-state index in [-0.39, 0.29) is 37.0 Å². The summed E-state index contributed by atoms with van der Waals surface area (Å²) in [4.78, 5) is 105. The number of rotatable bonds is 26. The molecule has 0 radical (unpaired) electrons. The fourth-order valence-corrected chi connectivity index (χ4v) is 5.79. The number of amides is 7. The summed E-state index contributed by atoms with van der Waals surface area (Å²) in [6.45, 7) is 19.5. The molecule has 19 nitrogen and oxygen atoms in total. The summed E-state index contributed by atoms with van der Waals surface area (Å²) in [6, 6.07) is -9.95. The highest BCUT2D eigenvalue weighted by atomic mass is 16.4. The molecule has 0 saturated heterocycles. The van der Waals surface area contributed by atoms with Crippen LogP contribution in [0.5, 0.6) is 0 Å². The molecule has 12 N–H and O–H groups in total. The second kappa shape index (κ2) is 25.9. The van der Waals surface area contributed by atoms with Crippen LogP contribution < -0.4 is 43.0 Å². The highest BCUT2D eigenvalue weighted by molar-refractivity contribution is 5.97. The predicted molar refractivity (Wildman–Crippen MR) is 216 cm³/mol. The number of aliphatic hydroxyl groups is 2. The second-order valence-corrected chi connectivity index (χ2v) is 16.8. The third-order valence-corrected chi connectivity index (χ3v) is 9.33. The molecule has 7 amide bonds. The first kappa shape index (κ1) is 53.6. The normalized spacial score (nSPS) is 16.7. The first-order valence-corrected chi connectivity index (χ1v) is 20.2. The molecule has 58 heavy (non-hydrogen) atoms. The van der Waals surface area contributed by atoms with Crippen molar-refractivity contribution in [2.75, 3.05) is 6.61 Å². The van der Waals surface area contributed by atoms with E-state index in [9.17, 15) is 53.7 Å². The number of carbonyl (C=O) groups excluding carboxylic acids is 7. The Morgan fingerprint density at radius 1 is 0.483 bits per heavy atom. The Bertz CT molecular complexity index is 1390. The Morgan fingerprint density at radius 2 is 0.810 bits per heavy atom. The van der Waals surface area contributed by atoms with E-state index in [4.69, 9.17) is 5.73 Å². The van der Waals surface area contributed by atoms with Crippen LogP contribution in [-0.4, -0.2) is 124 Å². The van der Waals surface area contributed by atoms with E-state index >= 15 is 0 Å². The molecule has 0 fully saturated rings. The van der Waals surface area contributed by atoms with Gasteiger partial charge in [-0.1, -0.05) is 75.7 Å². The molecule has 0 aromatic rings. The Kier molecular flexibility index (Phi) is 23.9. The van der Waals surface area contributed by atoms with E-state index in [0.29, 0.717) is 6.42 Å². The average Bonchev–Trinajstić information content (AvgIpc) is 3.10. The summed E-state index contributed by atoms with van der Waals surface area (Å²) in [5.74, 6) is -8.00. The lowest BCUT2D eigenvalue weighted by atomic mass is 9.95. The van der Waals surface area contributed by atoms with Crippen LogP contribution in [0.4, 0.5) is 0 Å². The standard InChI is InChI=1S/C39H72N8O11/c1-13-22(10)30(46-34(52)25(14-18(2)3)41-32(50)23(11)40)37(55)42-27(16-20(6)7)35(53)47-31(24(12)49)38(56)43-26(15-19(4)5)33(51)45-29(21(8)9)36(54)44-28(17-48)39(57)58/h18-31,48-49H,13-17,40H2,1-12H3,(H,41,50)(H,42,55)(H,43,56)(H,44,54)(H,45,51)(H,46,52)(H,47,53)(H,57,58). The molecule has 10 atom stereocenters. The van der Waals surface area contributed by atoms with E-state index in [2.05, 4.69) is 37.2 Å². The largest absolute Gasteiger partial charge is 0.480 e. The molecule has 334 valence electrons. The van der Waals surface area contributed by atoms with Gasteiger partial charge >= 0.3 is 5.97 Å². The lowest BCUT2D eigenvalue weighted by Gasteiger charge is -2.31. The van der Waals surface area contributed by atoms with Crippen molar-refractivity contribution in [1.29, 1.82) is 0 Å². The number of nitrogens with one attached hydrogen (secondary N) is 7. The minimum atomic E-state index is -1.61. The quantitative estimate of drug-likeness (QED) is 0.0502. The highest BCUT2D eigenvalue weighted by Crippen LogP contribution is 2.14. The van der Waals surface area contributed by atoms with Crippen LogP contribution in [0.25, 0.3) is 0 Å².